The molecule has 0 saturated carbocycles. The number of rotatable bonds is 4. The third-order valence-corrected chi connectivity index (χ3v) is 5.57. The lowest BCUT2D eigenvalue weighted by Gasteiger charge is -2.26. The number of hydrogen-bond acceptors (Lipinski definition) is 5. The van der Waals surface area contributed by atoms with Crippen LogP contribution in [0.5, 0.6) is 0 Å². The zero-order valence-electron chi connectivity index (χ0n) is 13.9. The number of oxime groups is 1. The lowest BCUT2D eigenvalue weighted by Crippen LogP contribution is -2.38. The number of carbonyl (C=O) groups is 1. The minimum atomic E-state index is -4.62. The van der Waals surface area contributed by atoms with Crippen LogP contribution in [0, 0.1) is 0 Å². The van der Waals surface area contributed by atoms with E-state index in [2.05, 4.69) is 15.3 Å². The van der Waals surface area contributed by atoms with Crippen LogP contribution in [0.3, 0.4) is 0 Å². The monoisotopic (exact) mass is 393 g/mol. The number of amides is 1. The van der Waals surface area contributed by atoms with Crippen molar-refractivity contribution in [2.24, 2.45) is 5.16 Å². The van der Waals surface area contributed by atoms with E-state index in [9.17, 15) is 26.4 Å². The second-order valence-electron chi connectivity index (χ2n) is 5.50. The van der Waals surface area contributed by atoms with E-state index in [4.69, 9.17) is 0 Å². The van der Waals surface area contributed by atoms with Crippen LogP contribution in [0.4, 0.5) is 18.0 Å². The number of carbonyl (C=O) groups excluding carboxylic acids is 1. The van der Waals surface area contributed by atoms with Crippen molar-refractivity contribution in [2.75, 3.05) is 19.6 Å². The molecule has 144 valence electrons. The van der Waals surface area contributed by atoms with Crippen LogP contribution < -0.4 is 5.32 Å². The van der Waals surface area contributed by atoms with Crippen molar-refractivity contribution in [1.29, 1.82) is 0 Å². The number of nitrogens with one attached hydrogen (secondary N) is 1. The molecule has 0 spiro atoms. The van der Waals surface area contributed by atoms with Crippen molar-refractivity contribution in [3.63, 3.8) is 0 Å². The molecule has 1 aliphatic heterocycles. The van der Waals surface area contributed by atoms with Crippen LogP contribution in [0.2, 0.25) is 0 Å². The largest absolute Gasteiger partial charge is 0.433 e. The summed E-state index contributed by atoms with van der Waals surface area (Å²) in [7, 11) is -4.05. The Balaban J connectivity index is 2.06. The standard InChI is InChI=1S/C15H18F3N3O4S/c1-2-19-14(22)25-20-12-6-8-21(9-7-12)26(23,24)13-5-3-4-11(10-13)15(16,17)18/h3-5,10H,2,6-9H2,1H3,(H,19,22). The van der Waals surface area contributed by atoms with Crippen molar-refractivity contribution in [3.8, 4) is 0 Å². The van der Waals surface area contributed by atoms with Gasteiger partial charge in [-0.05, 0) is 25.1 Å². The Bertz CT molecular complexity index is 784. The predicted molar refractivity (Wildman–Crippen MR) is 87.0 cm³/mol. The fourth-order valence-corrected chi connectivity index (χ4v) is 3.83. The quantitative estimate of drug-likeness (QED) is 0.629. The first-order valence-electron chi connectivity index (χ1n) is 7.82. The number of nitrogens with zero attached hydrogens (tertiary/aromatic N) is 2. The number of hydrogen-bond donors (Lipinski definition) is 1. The fraction of sp³-hybridized carbons (Fsp3) is 0.467. The molecule has 0 atom stereocenters. The van der Waals surface area contributed by atoms with E-state index in [1.54, 1.807) is 6.92 Å². The Morgan fingerprint density at radius 2 is 1.96 bits per heavy atom. The molecule has 1 aromatic rings. The summed E-state index contributed by atoms with van der Waals surface area (Å²) in [4.78, 5) is 15.4. The Kier molecular flexibility index (Phi) is 6.24. The van der Waals surface area contributed by atoms with Gasteiger partial charge in [-0.2, -0.15) is 17.5 Å². The molecule has 1 aliphatic rings. The minimum absolute atomic E-state index is 0.0379. The average molecular weight is 393 g/mol. The first-order chi connectivity index (χ1) is 12.1. The van der Waals surface area contributed by atoms with Gasteiger partial charge in [-0.15, -0.1) is 0 Å². The molecule has 1 aromatic carbocycles. The van der Waals surface area contributed by atoms with Crippen LogP contribution >= 0.6 is 0 Å². The van der Waals surface area contributed by atoms with Gasteiger partial charge in [0.05, 0.1) is 16.2 Å². The van der Waals surface area contributed by atoms with E-state index >= 15 is 0 Å². The molecule has 1 saturated heterocycles. The number of piperidine rings is 1. The number of sulfonamides is 1. The zero-order valence-corrected chi connectivity index (χ0v) is 14.7. The Morgan fingerprint density at radius 3 is 2.54 bits per heavy atom. The number of alkyl halides is 3. The molecule has 11 heteroatoms. The van der Waals surface area contributed by atoms with Crippen molar-refractivity contribution < 1.29 is 31.2 Å². The highest BCUT2D eigenvalue weighted by atomic mass is 32.2. The van der Waals surface area contributed by atoms with E-state index in [0.29, 0.717) is 18.3 Å². The average Bonchev–Trinajstić information content (AvgIpc) is 2.60. The third-order valence-electron chi connectivity index (χ3n) is 3.68. The molecule has 7 nitrogen and oxygen atoms in total. The van der Waals surface area contributed by atoms with Gasteiger partial charge in [0.2, 0.25) is 10.0 Å². The molecule has 26 heavy (non-hydrogen) atoms. The molecule has 0 radical (unpaired) electrons. The smallest absolute Gasteiger partial charge is 0.320 e. The molecule has 1 amide bonds. The van der Waals surface area contributed by atoms with Gasteiger partial charge in [0.25, 0.3) is 0 Å². The lowest BCUT2D eigenvalue weighted by molar-refractivity contribution is -0.137. The summed E-state index contributed by atoms with van der Waals surface area (Å²) in [6.45, 7) is 2.17. The van der Waals surface area contributed by atoms with Crippen LogP contribution in [0.1, 0.15) is 25.3 Å². The minimum Gasteiger partial charge on any atom is -0.320 e. The van der Waals surface area contributed by atoms with Crippen molar-refractivity contribution in [3.05, 3.63) is 29.8 Å². The van der Waals surface area contributed by atoms with E-state index < -0.39 is 32.8 Å². The fourth-order valence-electron chi connectivity index (χ4n) is 2.34. The van der Waals surface area contributed by atoms with E-state index in [1.807, 2.05) is 0 Å². The van der Waals surface area contributed by atoms with Gasteiger partial charge >= 0.3 is 12.3 Å². The first kappa shape index (κ1) is 20.2. The maximum Gasteiger partial charge on any atom is 0.433 e. The molecule has 2 rings (SSSR count). The van der Waals surface area contributed by atoms with Crippen molar-refractivity contribution in [1.82, 2.24) is 9.62 Å². The van der Waals surface area contributed by atoms with Gasteiger partial charge in [-0.3, -0.25) is 4.84 Å². The summed E-state index contributed by atoms with van der Waals surface area (Å²) in [6.07, 6.45) is -4.89. The Morgan fingerprint density at radius 1 is 1.31 bits per heavy atom. The van der Waals surface area contributed by atoms with Gasteiger partial charge in [0, 0.05) is 32.5 Å². The zero-order chi connectivity index (χ0) is 19.4. The topological polar surface area (TPSA) is 88.1 Å². The first-order valence-corrected chi connectivity index (χ1v) is 9.26. The van der Waals surface area contributed by atoms with E-state index in [0.717, 1.165) is 22.5 Å². The van der Waals surface area contributed by atoms with Crippen molar-refractivity contribution >= 4 is 21.8 Å². The molecule has 0 bridgehead atoms. The molecule has 1 heterocycles. The van der Waals surface area contributed by atoms with E-state index in [1.165, 1.54) is 0 Å². The highest BCUT2D eigenvalue weighted by molar-refractivity contribution is 7.89. The Hall–Kier alpha value is -2.14. The molecule has 0 unspecified atom stereocenters. The molecular formula is C15H18F3N3O4S. The summed E-state index contributed by atoms with van der Waals surface area (Å²) in [5.41, 5.74) is -0.514. The molecule has 0 aromatic heterocycles. The normalized spacial score (nSPS) is 16.2. The summed E-state index contributed by atoms with van der Waals surface area (Å²) in [6, 6.07) is 3.63. The highest BCUT2D eigenvalue weighted by Gasteiger charge is 2.33. The van der Waals surface area contributed by atoms with Crippen LogP contribution in [-0.4, -0.2) is 44.2 Å². The van der Waals surface area contributed by atoms with Gasteiger partial charge in [-0.1, -0.05) is 11.2 Å². The van der Waals surface area contributed by atoms with Crippen LogP contribution in [0.25, 0.3) is 0 Å². The van der Waals surface area contributed by atoms with Gasteiger partial charge in [0.15, 0.2) is 0 Å². The summed E-state index contributed by atoms with van der Waals surface area (Å²) < 4.78 is 64.5. The lowest BCUT2D eigenvalue weighted by atomic mass is 10.1. The second kappa shape index (κ2) is 8.04. The van der Waals surface area contributed by atoms with Gasteiger partial charge in [0.1, 0.15) is 0 Å². The molecule has 1 fully saturated rings. The third kappa shape index (κ3) is 4.94. The Labute approximate surface area is 148 Å². The maximum atomic E-state index is 12.8. The molecular weight excluding hydrogens is 375 g/mol. The predicted octanol–water partition coefficient (Wildman–Crippen LogP) is 2.59. The van der Waals surface area contributed by atoms with Crippen molar-refractivity contribution in [2.45, 2.75) is 30.8 Å². The van der Waals surface area contributed by atoms with E-state index in [-0.39, 0.29) is 25.9 Å². The number of benzene rings is 1. The summed E-state index contributed by atoms with van der Waals surface area (Å²) in [5, 5.41) is 6.06. The molecule has 0 aliphatic carbocycles. The molecule has 1 N–H and O–H groups in total. The van der Waals surface area contributed by atoms with Crippen LogP contribution in [0.15, 0.2) is 34.3 Å². The van der Waals surface area contributed by atoms with Gasteiger partial charge in [-0.25, -0.2) is 13.2 Å². The SMILES string of the molecule is CCNC(=O)ON=C1CCN(S(=O)(=O)c2cccc(C(F)(F)F)c2)CC1. The number of halogens is 3. The summed E-state index contributed by atoms with van der Waals surface area (Å²) in [5.74, 6) is 0. The second-order valence-corrected chi connectivity index (χ2v) is 7.43. The highest BCUT2D eigenvalue weighted by Crippen LogP contribution is 2.31. The van der Waals surface area contributed by atoms with Gasteiger partial charge < -0.3 is 5.32 Å². The maximum absolute atomic E-state index is 12.8. The summed E-state index contributed by atoms with van der Waals surface area (Å²) >= 11 is 0. The van der Waals surface area contributed by atoms with Crippen LogP contribution in [-0.2, 0) is 21.0 Å².